The highest BCUT2D eigenvalue weighted by molar-refractivity contribution is 5.85. The van der Waals surface area contributed by atoms with E-state index in [0.717, 1.165) is 24.3 Å². The molecule has 0 saturated carbocycles. The van der Waals surface area contributed by atoms with Gasteiger partial charge in [0.1, 0.15) is 22.8 Å². The molecule has 0 radical (unpaired) electrons. The van der Waals surface area contributed by atoms with E-state index < -0.39 is 5.82 Å². The second kappa shape index (κ2) is 8.02. The molecule has 2 aromatic carbocycles. The van der Waals surface area contributed by atoms with Crippen molar-refractivity contribution in [1.29, 1.82) is 0 Å². The number of H-pyrrole nitrogens is 1. The Bertz CT molecular complexity index is 1180. The molecule has 2 unspecified atom stereocenters. The highest BCUT2D eigenvalue weighted by Crippen LogP contribution is 2.27. The summed E-state index contributed by atoms with van der Waals surface area (Å²) in [6, 6.07) is 10.3. The van der Waals surface area contributed by atoms with Crippen LogP contribution in [0.15, 0.2) is 41.2 Å². The number of ether oxygens (including phenoxy) is 1. The summed E-state index contributed by atoms with van der Waals surface area (Å²) >= 11 is 0. The summed E-state index contributed by atoms with van der Waals surface area (Å²) in [6.45, 7) is 7.20. The molecule has 1 amide bonds. The van der Waals surface area contributed by atoms with Crippen LogP contribution in [0.25, 0.3) is 22.3 Å². The number of fused-ring (bicyclic) bond motifs is 1. The topological polar surface area (TPSA) is 78.5 Å². The van der Waals surface area contributed by atoms with Gasteiger partial charge in [0.2, 0.25) is 5.91 Å². The molecule has 1 aliphatic rings. The molecule has 7 nitrogen and oxygen atoms in total. The van der Waals surface area contributed by atoms with Gasteiger partial charge < -0.3 is 19.5 Å². The van der Waals surface area contributed by atoms with Crippen molar-refractivity contribution in [3.8, 4) is 17.1 Å². The fraction of sp³-hybridized carbons (Fsp3) is 0.348. The van der Waals surface area contributed by atoms with Crippen LogP contribution in [-0.2, 0) is 4.79 Å². The zero-order chi connectivity index (χ0) is 22.3. The molecular formula is C23H25FN4O3. The molecular weight excluding hydrogens is 399 g/mol. The third-order valence-electron chi connectivity index (χ3n) is 5.75. The maximum absolute atomic E-state index is 13.9. The van der Waals surface area contributed by atoms with Crippen LogP contribution in [0.3, 0.4) is 0 Å². The lowest BCUT2D eigenvalue weighted by atomic mass is 10.1. The lowest BCUT2D eigenvalue weighted by Gasteiger charge is -2.45. The number of aromatic nitrogens is 2. The Hall–Kier alpha value is -3.42. The van der Waals surface area contributed by atoms with Gasteiger partial charge in [-0.15, -0.1) is 0 Å². The number of hydrogen-bond acceptors (Lipinski definition) is 5. The Morgan fingerprint density at radius 3 is 2.39 bits per heavy atom. The molecule has 1 saturated heterocycles. The lowest BCUT2D eigenvalue weighted by Crippen LogP contribution is -2.58. The largest absolute Gasteiger partial charge is 0.496 e. The third kappa shape index (κ3) is 3.85. The second-order valence-electron chi connectivity index (χ2n) is 7.99. The number of benzene rings is 2. The number of amides is 1. The van der Waals surface area contributed by atoms with Gasteiger partial charge in [-0.3, -0.25) is 9.59 Å². The van der Waals surface area contributed by atoms with Crippen molar-refractivity contribution in [2.24, 2.45) is 0 Å². The van der Waals surface area contributed by atoms with Crippen molar-refractivity contribution >= 4 is 22.5 Å². The van der Waals surface area contributed by atoms with Crippen molar-refractivity contribution in [3.63, 3.8) is 0 Å². The average Bonchev–Trinajstić information content (AvgIpc) is 2.72. The molecule has 1 fully saturated rings. The molecule has 1 aromatic heterocycles. The van der Waals surface area contributed by atoms with Crippen molar-refractivity contribution < 1.29 is 13.9 Å². The Morgan fingerprint density at radius 1 is 1.16 bits per heavy atom. The van der Waals surface area contributed by atoms with Crippen LogP contribution in [0.4, 0.5) is 10.1 Å². The number of nitrogens with one attached hydrogen (secondary N) is 1. The van der Waals surface area contributed by atoms with Crippen molar-refractivity contribution in [1.82, 2.24) is 14.9 Å². The van der Waals surface area contributed by atoms with Crippen molar-refractivity contribution in [3.05, 3.63) is 52.6 Å². The number of carbonyl (C=O) groups excluding carboxylic acids is 1. The van der Waals surface area contributed by atoms with Crippen LogP contribution in [0.1, 0.15) is 20.8 Å². The molecule has 3 aromatic rings. The van der Waals surface area contributed by atoms with Crippen LogP contribution in [-0.4, -0.2) is 53.1 Å². The minimum absolute atomic E-state index is 0.0920. The van der Waals surface area contributed by atoms with E-state index in [2.05, 4.69) is 28.7 Å². The zero-order valence-corrected chi connectivity index (χ0v) is 18.0. The van der Waals surface area contributed by atoms with Gasteiger partial charge in [-0.05, 0) is 38.1 Å². The highest BCUT2D eigenvalue weighted by Gasteiger charge is 2.31. The molecule has 8 heteroatoms. The van der Waals surface area contributed by atoms with E-state index in [4.69, 9.17) is 4.74 Å². The van der Waals surface area contributed by atoms with Crippen molar-refractivity contribution in [2.45, 2.75) is 32.9 Å². The van der Waals surface area contributed by atoms with Crippen LogP contribution in [0.2, 0.25) is 0 Å². The molecule has 0 spiro atoms. The van der Waals surface area contributed by atoms with Gasteiger partial charge >= 0.3 is 0 Å². The molecule has 2 atom stereocenters. The van der Waals surface area contributed by atoms with Crippen LogP contribution in [0.5, 0.6) is 5.75 Å². The second-order valence-corrected chi connectivity index (χ2v) is 7.99. The number of piperazine rings is 1. The molecule has 2 heterocycles. The monoisotopic (exact) mass is 424 g/mol. The van der Waals surface area contributed by atoms with Gasteiger partial charge in [0.15, 0.2) is 0 Å². The summed E-state index contributed by atoms with van der Waals surface area (Å²) < 4.78 is 19.0. The summed E-state index contributed by atoms with van der Waals surface area (Å²) in [5.74, 6) is 0.0875. The van der Waals surface area contributed by atoms with Crippen LogP contribution >= 0.6 is 0 Å². The van der Waals surface area contributed by atoms with Crippen LogP contribution < -0.4 is 15.2 Å². The quantitative estimate of drug-likeness (QED) is 0.699. The summed E-state index contributed by atoms with van der Waals surface area (Å²) in [4.78, 5) is 35.9. The van der Waals surface area contributed by atoms with Gasteiger partial charge in [-0.25, -0.2) is 9.37 Å². The standard InChI is InChI=1S/C23H25FN4O3/c1-13-11-27(12-14(2)28(13)15(3)29)18-7-5-16(6-8-18)22-25-19-9-17(24)10-20(31-4)21(19)23(30)26-22/h5-10,13-14H,11-12H2,1-4H3,(H,25,26,30). The fourth-order valence-corrected chi connectivity index (χ4v) is 4.49. The molecule has 31 heavy (non-hydrogen) atoms. The normalized spacial score (nSPS) is 19.0. The smallest absolute Gasteiger partial charge is 0.262 e. The minimum atomic E-state index is -0.517. The van der Waals surface area contributed by atoms with Crippen molar-refractivity contribution in [2.75, 3.05) is 25.1 Å². The first-order chi connectivity index (χ1) is 14.8. The maximum atomic E-state index is 13.9. The number of carbonyl (C=O) groups is 1. The molecule has 1 N–H and O–H groups in total. The SMILES string of the molecule is COc1cc(F)cc2nc(-c3ccc(N4CC(C)N(C(C)=O)C(C)C4)cc3)[nH]c(=O)c12. The van der Waals surface area contributed by atoms with E-state index in [1.165, 1.54) is 19.2 Å². The molecule has 0 bridgehead atoms. The number of aromatic amines is 1. The first-order valence-corrected chi connectivity index (χ1v) is 10.2. The first-order valence-electron chi connectivity index (χ1n) is 10.2. The third-order valence-corrected chi connectivity index (χ3v) is 5.75. The number of nitrogens with zero attached hydrogens (tertiary/aromatic N) is 3. The lowest BCUT2D eigenvalue weighted by molar-refractivity contribution is -0.133. The van der Waals surface area contributed by atoms with E-state index in [1.54, 1.807) is 6.92 Å². The Kier molecular flexibility index (Phi) is 5.39. The van der Waals surface area contributed by atoms with Gasteiger partial charge in [0.25, 0.3) is 5.56 Å². The summed E-state index contributed by atoms with van der Waals surface area (Å²) in [7, 11) is 1.39. The van der Waals surface area contributed by atoms with Gasteiger partial charge in [0, 0.05) is 55.5 Å². The first kappa shape index (κ1) is 20.8. The number of halogens is 1. The van der Waals surface area contributed by atoms with E-state index in [9.17, 15) is 14.0 Å². The number of anilines is 1. The van der Waals surface area contributed by atoms with E-state index in [1.807, 2.05) is 29.2 Å². The van der Waals surface area contributed by atoms with Crippen LogP contribution in [0, 0.1) is 5.82 Å². The predicted octanol–water partition coefficient (Wildman–Crippen LogP) is 3.18. The van der Waals surface area contributed by atoms with Gasteiger partial charge in [-0.2, -0.15) is 0 Å². The Labute approximate surface area is 179 Å². The van der Waals surface area contributed by atoms with Gasteiger partial charge in [-0.1, -0.05) is 0 Å². The van der Waals surface area contributed by atoms with E-state index in [0.29, 0.717) is 5.82 Å². The Balaban J connectivity index is 1.64. The average molecular weight is 424 g/mol. The molecule has 162 valence electrons. The number of hydrogen-bond donors (Lipinski definition) is 1. The van der Waals surface area contributed by atoms with Gasteiger partial charge in [0.05, 0.1) is 12.6 Å². The highest BCUT2D eigenvalue weighted by atomic mass is 19.1. The number of methoxy groups -OCH3 is 1. The van der Waals surface area contributed by atoms with E-state index in [-0.39, 0.29) is 40.2 Å². The summed E-state index contributed by atoms with van der Waals surface area (Å²) in [5, 5.41) is 0.218. The predicted molar refractivity (Wildman–Crippen MR) is 118 cm³/mol. The fourth-order valence-electron chi connectivity index (χ4n) is 4.49. The summed E-state index contributed by atoms with van der Waals surface area (Å²) in [6.07, 6.45) is 0. The number of rotatable bonds is 3. The molecule has 1 aliphatic heterocycles. The zero-order valence-electron chi connectivity index (χ0n) is 18.0. The molecule has 0 aliphatic carbocycles. The minimum Gasteiger partial charge on any atom is -0.496 e. The maximum Gasteiger partial charge on any atom is 0.262 e. The Morgan fingerprint density at radius 2 is 1.81 bits per heavy atom. The molecule has 4 rings (SSSR count). The van der Waals surface area contributed by atoms with E-state index >= 15 is 0 Å². The summed E-state index contributed by atoms with van der Waals surface area (Å²) in [5.41, 5.74) is 1.60.